The third-order valence-corrected chi connectivity index (χ3v) is 6.05. The van der Waals surface area contributed by atoms with E-state index in [0.29, 0.717) is 6.54 Å². The molecule has 0 aromatic rings. The molecule has 4 saturated carbocycles. The van der Waals surface area contributed by atoms with E-state index in [9.17, 15) is 4.79 Å². The number of hydrogen-bond donors (Lipinski definition) is 3. The zero-order valence-electron chi connectivity index (χ0n) is 12.8. The third-order valence-electron chi connectivity index (χ3n) is 6.05. The quantitative estimate of drug-likeness (QED) is 0.698. The van der Waals surface area contributed by atoms with Crippen molar-refractivity contribution in [2.45, 2.75) is 50.5 Å². The van der Waals surface area contributed by atoms with Gasteiger partial charge >= 0.3 is 6.03 Å². The molecule has 0 radical (unpaired) electrons. The van der Waals surface area contributed by atoms with Gasteiger partial charge in [-0.2, -0.15) is 0 Å². The van der Waals surface area contributed by atoms with Crippen LogP contribution >= 0.6 is 0 Å². The van der Waals surface area contributed by atoms with Crippen LogP contribution in [0.4, 0.5) is 4.79 Å². The van der Waals surface area contributed by atoms with Crippen LogP contribution in [0.2, 0.25) is 0 Å². The summed E-state index contributed by atoms with van der Waals surface area (Å²) in [6, 6.07) is 0.0522. The molecule has 5 aliphatic rings. The Kier molecular flexibility index (Phi) is 3.44. The first-order valence-corrected chi connectivity index (χ1v) is 8.65. The van der Waals surface area contributed by atoms with Gasteiger partial charge in [-0.05, 0) is 69.2 Å². The molecule has 116 valence electrons. The van der Waals surface area contributed by atoms with Crippen LogP contribution in [0.15, 0.2) is 11.6 Å². The highest BCUT2D eigenvalue weighted by Gasteiger charge is 2.51. The summed E-state index contributed by atoms with van der Waals surface area (Å²) in [5.74, 6) is 2.64. The predicted molar refractivity (Wildman–Crippen MR) is 83.0 cm³/mol. The molecule has 4 fully saturated rings. The van der Waals surface area contributed by atoms with Crippen molar-refractivity contribution >= 4 is 6.03 Å². The smallest absolute Gasteiger partial charge is 0.315 e. The first-order valence-electron chi connectivity index (χ1n) is 8.65. The van der Waals surface area contributed by atoms with E-state index in [2.05, 4.69) is 22.0 Å². The standard InChI is InChI=1S/C17H27N3O/c21-16(19-11-12-1-3-18-4-2-12)20-17-8-13-5-14(9-17)7-15(6-13)10-17/h1,13-15,18H,2-11H2,(H2,19,20,21). The van der Waals surface area contributed by atoms with E-state index in [0.717, 1.165) is 37.3 Å². The van der Waals surface area contributed by atoms with E-state index in [-0.39, 0.29) is 11.6 Å². The largest absolute Gasteiger partial charge is 0.334 e. The van der Waals surface area contributed by atoms with Crippen LogP contribution in [0.3, 0.4) is 0 Å². The molecule has 3 N–H and O–H groups in total. The molecule has 0 atom stereocenters. The second-order valence-corrected chi connectivity index (χ2v) is 7.82. The van der Waals surface area contributed by atoms with Crippen molar-refractivity contribution in [3.63, 3.8) is 0 Å². The summed E-state index contributed by atoms with van der Waals surface area (Å²) < 4.78 is 0. The fraction of sp³-hybridized carbons (Fsp3) is 0.824. The van der Waals surface area contributed by atoms with Crippen molar-refractivity contribution in [2.75, 3.05) is 19.6 Å². The van der Waals surface area contributed by atoms with Crippen LogP contribution < -0.4 is 16.0 Å². The summed E-state index contributed by atoms with van der Waals surface area (Å²) in [6.45, 7) is 2.68. The predicted octanol–water partition coefficient (Wildman–Crippen LogP) is 2.17. The van der Waals surface area contributed by atoms with E-state index in [1.54, 1.807) is 0 Å². The summed E-state index contributed by atoms with van der Waals surface area (Å²) in [7, 11) is 0. The van der Waals surface area contributed by atoms with Crippen LogP contribution in [-0.2, 0) is 0 Å². The highest BCUT2D eigenvalue weighted by molar-refractivity contribution is 5.75. The zero-order chi connectivity index (χ0) is 14.3. The number of nitrogens with one attached hydrogen (secondary N) is 3. The number of carbonyl (C=O) groups is 1. The molecular formula is C17H27N3O. The van der Waals surface area contributed by atoms with Gasteiger partial charge in [0.05, 0.1) is 0 Å². The molecule has 0 aromatic carbocycles. The monoisotopic (exact) mass is 289 g/mol. The molecule has 0 unspecified atom stereocenters. The maximum atomic E-state index is 12.3. The molecule has 0 saturated heterocycles. The number of carbonyl (C=O) groups excluding carboxylic acids is 1. The van der Waals surface area contributed by atoms with E-state index in [1.807, 2.05) is 0 Å². The first kappa shape index (κ1) is 13.6. The molecular weight excluding hydrogens is 262 g/mol. The van der Waals surface area contributed by atoms with Crippen molar-refractivity contribution in [1.29, 1.82) is 0 Å². The normalized spacial score (nSPS) is 40.8. The van der Waals surface area contributed by atoms with Crippen molar-refractivity contribution in [2.24, 2.45) is 17.8 Å². The number of rotatable bonds is 3. The van der Waals surface area contributed by atoms with E-state index < -0.39 is 0 Å². The Balaban J connectivity index is 1.33. The van der Waals surface area contributed by atoms with Crippen LogP contribution in [0.1, 0.15) is 44.9 Å². The molecule has 0 spiro atoms. The molecule has 4 bridgehead atoms. The van der Waals surface area contributed by atoms with Gasteiger partial charge in [0.2, 0.25) is 0 Å². The van der Waals surface area contributed by atoms with Gasteiger partial charge in [0.25, 0.3) is 0 Å². The Morgan fingerprint density at radius 3 is 2.43 bits per heavy atom. The van der Waals surface area contributed by atoms with Crippen LogP contribution in [-0.4, -0.2) is 31.2 Å². The fourth-order valence-electron chi connectivity index (χ4n) is 5.57. The van der Waals surface area contributed by atoms with Crippen molar-refractivity contribution in [3.05, 3.63) is 11.6 Å². The molecule has 1 aliphatic heterocycles. The first-order chi connectivity index (χ1) is 10.2. The number of urea groups is 1. The lowest BCUT2D eigenvalue weighted by atomic mass is 9.53. The van der Waals surface area contributed by atoms with Gasteiger partial charge < -0.3 is 16.0 Å². The topological polar surface area (TPSA) is 53.2 Å². The maximum absolute atomic E-state index is 12.3. The minimum absolute atomic E-state index is 0.0522. The summed E-state index contributed by atoms with van der Waals surface area (Å²) in [5.41, 5.74) is 1.48. The lowest BCUT2D eigenvalue weighted by Gasteiger charge is -2.56. The summed E-state index contributed by atoms with van der Waals surface area (Å²) in [4.78, 5) is 12.3. The molecule has 21 heavy (non-hydrogen) atoms. The van der Waals surface area contributed by atoms with Crippen molar-refractivity contribution in [1.82, 2.24) is 16.0 Å². The highest BCUT2D eigenvalue weighted by atomic mass is 16.2. The zero-order valence-corrected chi connectivity index (χ0v) is 12.8. The molecule has 4 heteroatoms. The second kappa shape index (κ2) is 5.31. The van der Waals surface area contributed by atoms with Gasteiger partial charge in [0, 0.05) is 18.6 Å². The number of hydrogen-bond acceptors (Lipinski definition) is 2. The lowest BCUT2D eigenvalue weighted by molar-refractivity contribution is -0.0134. The molecule has 2 amide bonds. The average Bonchev–Trinajstić information content (AvgIpc) is 2.44. The van der Waals surface area contributed by atoms with Crippen molar-refractivity contribution in [3.8, 4) is 0 Å². The highest BCUT2D eigenvalue weighted by Crippen LogP contribution is 2.55. The molecule has 0 aromatic heterocycles. The average molecular weight is 289 g/mol. The summed E-state index contributed by atoms with van der Waals surface area (Å²) in [6.07, 6.45) is 11.2. The molecule has 4 nitrogen and oxygen atoms in total. The van der Waals surface area contributed by atoms with Gasteiger partial charge in [0.15, 0.2) is 0 Å². The van der Waals surface area contributed by atoms with Gasteiger partial charge in [-0.1, -0.05) is 11.6 Å². The van der Waals surface area contributed by atoms with Crippen LogP contribution in [0.5, 0.6) is 0 Å². The molecule has 4 aliphatic carbocycles. The Morgan fingerprint density at radius 1 is 1.19 bits per heavy atom. The molecule has 5 rings (SSSR count). The Morgan fingerprint density at radius 2 is 1.86 bits per heavy atom. The lowest BCUT2D eigenvalue weighted by Crippen LogP contribution is -2.61. The SMILES string of the molecule is O=C(NCC1=CCNCC1)NC12CC3CC(CC(C3)C1)C2. The second-order valence-electron chi connectivity index (χ2n) is 7.82. The minimum Gasteiger partial charge on any atom is -0.334 e. The maximum Gasteiger partial charge on any atom is 0.315 e. The van der Waals surface area contributed by atoms with Gasteiger partial charge in [0.1, 0.15) is 0 Å². The Hall–Kier alpha value is -1.03. The van der Waals surface area contributed by atoms with E-state index in [4.69, 9.17) is 0 Å². The van der Waals surface area contributed by atoms with Crippen molar-refractivity contribution < 1.29 is 4.79 Å². The molecule has 1 heterocycles. The van der Waals surface area contributed by atoms with Crippen LogP contribution in [0, 0.1) is 17.8 Å². The van der Waals surface area contributed by atoms with Crippen LogP contribution in [0.25, 0.3) is 0 Å². The van der Waals surface area contributed by atoms with Gasteiger partial charge in [-0.3, -0.25) is 0 Å². The van der Waals surface area contributed by atoms with Gasteiger partial charge in [-0.25, -0.2) is 4.79 Å². The Bertz CT molecular complexity index is 422. The Labute approximate surface area is 127 Å². The fourth-order valence-corrected chi connectivity index (χ4v) is 5.57. The third kappa shape index (κ3) is 2.83. The minimum atomic E-state index is 0.0522. The van der Waals surface area contributed by atoms with E-state index >= 15 is 0 Å². The summed E-state index contributed by atoms with van der Waals surface area (Å²) >= 11 is 0. The number of amides is 2. The van der Waals surface area contributed by atoms with E-state index in [1.165, 1.54) is 44.1 Å². The summed E-state index contributed by atoms with van der Waals surface area (Å²) in [5, 5.41) is 9.75. The van der Waals surface area contributed by atoms with Gasteiger partial charge in [-0.15, -0.1) is 0 Å².